The highest BCUT2D eigenvalue weighted by molar-refractivity contribution is 5.74. The van der Waals surface area contributed by atoms with Crippen LogP contribution in [0.25, 0.3) is 0 Å². The molecule has 0 spiro atoms. The summed E-state index contributed by atoms with van der Waals surface area (Å²) >= 11 is 0. The summed E-state index contributed by atoms with van der Waals surface area (Å²) in [6.07, 6.45) is 10.6. The van der Waals surface area contributed by atoms with E-state index in [0.29, 0.717) is 50.6 Å². The number of benzene rings is 1. The van der Waals surface area contributed by atoms with E-state index in [1.165, 1.54) is 45.3 Å². The average Bonchev–Trinajstić information content (AvgIpc) is 2.91. The number of aliphatic hydroxyl groups is 1. The summed E-state index contributed by atoms with van der Waals surface area (Å²) in [7, 11) is 5.07. The summed E-state index contributed by atoms with van der Waals surface area (Å²) in [4.78, 5) is 15.2. The van der Waals surface area contributed by atoms with Crippen LogP contribution in [0.15, 0.2) is 18.2 Å². The number of ether oxygens (including phenoxy) is 2. The maximum atomic E-state index is 15.2. The molecule has 1 aliphatic carbocycles. The first-order chi connectivity index (χ1) is 17.9. The van der Waals surface area contributed by atoms with Crippen molar-refractivity contribution in [2.45, 2.75) is 82.3 Å². The van der Waals surface area contributed by atoms with E-state index in [9.17, 15) is 9.90 Å². The fourth-order valence-corrected chi connectivity index (χ4v) is 6.35. The van der Waals surface area contributed by atoms with E-state index in [-0.39, 0.29) is 23.6 Å². The normalized spacial score (nSPS) is 21.3. The zero-order valence-electron chi connectivity index (χ0n) is 23.1. The van der Waals surface area contributed by atoms with Crippen molar-refractivity contribution in [3.8, 4) is 5.75 Å². The van der Waals surface area contributed by atoms with Gasteiger partial charge >= 0.3 is 6.03 Å². The van der Waals surface area contributed by atoms with Crippen LogP contribution in [0.1, 0.15) is 76.2 Å². The molecule has 2 fully saturated rings. The van der Waals surface area contributed by atoms with Crippen molar-refractivity contribution in [3.63, 3.8) is 0 Å². The number of halogens is 1. The quantitative estimate of drug-likeness (QED) is 0.324. The predicted molar refractivity (Wildman–Crippen MR) is 144 cm³/mol. The number of urea groups is 1. The zero-order valence-corrected chi connectivity index (χ0v) is 23.1. The number of piperidine rings is 1. The van der Waals surface area contributed by atoms with Crippen molar-refractivity contribution in [3.05, 3.63) is 29.6 Å². The zero-order chi connectivity index (χ0) is 26.7. The number of hydrogen-bond donors (Lipinski definition) is 3. The van der Waals surface area contributed by atoms with Crippen molar-refractivity contribution in [1.29, 1.82) is 0 Å². The van der Waals surface area contributed by atoms with Gasteiger partial charge in [-0.25, -0.2) is 9.18 Å². The standard InChI is InChI=1S/C29H48FN3O4/c1-31-20-24(19-22-11-5-4-6-12-22)32-28(34)33-17-10-13-23(21-33)29(35,16-7-8-18-36-2)27-25(30)14-9-15-26(27)37-3/h9,14-15,22-24,31,35H,4-8,10-13,16-21H2,1-3H3,(H,32,34)/t23-,24?,29+/m1/s1. The maximum Gasteiger partial charge on any atom is 0.317 e. The van der Waals surface area contributed by atoms with Crippen LogP contribution >= 0.6 is 0 Å². The minimum Gasteiger partial charge on any atom is -0.496 e. The van der Waals surface area contributed by atoms with Gasteiger partial charge in [0.25, 0.3) is 0 Å². The Bertz CT molecular complexity index is 835. The van der Waals surface area contributed by atoms with Crippen LogP contribution in [0.2, 0.25) is 0 Å². The van der Waals surface area contributed by atoms with Crippen LogP contribution in [0.3, 0.4) is 0 Å². The Labute approximate surface area is 222 Å². The van der Waals surface area contributed by atoms with Gasteiger partial charge in [0.2, 0.25) is 0 Å². The van der Waals surface area contributed by atoms with Gasteiger partial charge in [0.15, 0.2) is 0 Å². The molecule has 2 aliphatic rings. The summed E-state index contributed by atoms with van der Waals surface area (Å²) < 4.78 is 25.9. The molecule has 1 aliphatic heterocycles. The number of amides is 2. The highest BCUT2D eigenvalue weighted by Gasteiger charge is 2.44. The molecule has 0 aromatic heterocycles. The monoisotopic (exact) mass is 521 g/mol. The first-order valence-corrected chi connectivity index (χ1v) is 14.2. The summed E-state index contributed by atoms with van der Waals surface area (Å²) in [5, 5.41) is 18.7. The lowest BCUT2D eigenvalue weighted by Crippen LogP contribution is -2.54. The number of nitrogens with zero attached hydrogens (tertiary/aromatic N) is 1. The lowest BCUT2D eigenvalue weighted by Gasteiger charge is -2.43. The fraction of sp³-hybridized carbons (Fsp3) is 0.759. The number of methoxy groups -OCH3 is 2. The second kappa shape index (κ2) is 14.9. The van der Waals surface area contributed by atoms with Gasteiger partial charge in [-0.2, -0.15) is 0 Å². The molecule has 1 aromatic carbocycles. The van der Waals surface area contributed by atoms with Crippen molar-refractivity contribution in [2.24, 2.45) is 11.8 Å². The number of carbonyl (C=O) groups excluding carboxylic acids is 1. The van der Waals surface area contributed by atoms with Crippen LogP contribution in [0.5, 0.6) is 5.75 Å². The van der Waals surface area contributed by atoms with Crippen molar-refractivity contribution in [1.82, 2.24) is 15.5 Å². The molecule has 2 amide bonds. The van der Waals surface area contributed by atoms with Gasteiger partial charge in [-0.05, 0) is 63.6 Å². The predicted octanol–water partition coefficient (Wildman–Crippen LogP) is 4.82. The number of hydrogen-bond acceptors (Lipinski definition) is 5. The molecule has 3 atom stereocenters. The van der Waals surface area contributed by atoms with Gasteiger partial charge in [-0.3, -0.25) is 0 Å². The minimum absolute atomic E-state index is 0.0700. The van der Waals surface area contributed by atoms with E-state index in [1.807, 2.05) is 11.9 Å². The van der Waals surface area contributed by atoms with Gasteiger partial charge in [-0.15, -0.1) is 0 Å². The van der Waals surface area contributed by atoms with Gasteiger partial charge in [-0.1, -0.05) is 38.2 Å². The Balaban J connectivity index is 1.75. The molecule has 210 valence electrons. The molecule has 3 rings (SSSR count). The lowest BCUT2D eigenvalue weighted by atomic mass is 9.73. The maximum absolute atomic E-state index is 15.2. The van der Waals surface area contributed by atoms with E-state index in [2.05, 4.69) is 10.6 Å². The molecule has 1 saturated heterocycles. The number of rotatable bonds is 13. The molecular weight excluding hydrogens is 473 g/mol. The Morgan fingerprint density at radius 1 is 1.19 bits per heavy atom. The molecule has 3 N–H and O–H groups in total. The Kier molecular flexibility index (Phi) is 11.9. The number of nitrogens with one attached hydrogen (secondary N) is 2. The lowest BCUT2D eigenvalue weighted by molar-refractivity contribution is -0.0602. The van der Waals surface area contributed by atoms with Crippen LogP contribution in [0, 0.1) is 17.7 Å². The number of likely N-dealkylation sites (N-methyl/N-ethyl adjacent to an activating group) is 1. The SMILES string of the molecule is CNCC(CC1CCCCC1)NC(=O)N1CCC[C@@H]([C@@](O)(CCCCOC)c2c(F)cccc2OC)C1. The molecule has 1 heterocycles. The number of likely N-dealkylation sites (tertiary alicyclic amines) is 1. The fourth-order valence-electron chi connectivity index (χ4n) is 6.35. The first-order valence-electron chi connectivity index (χ1n) is 14.2. The van der Waals surface area contributed by atoms with Crippen LogP contribution in [-0.4, -0.2) is 69.6 Å². The topological polar surface area (TPSA) is 83.1 Å². The molecule has 0 radical (unpaired) electrons. The largest absolute Gasteiger partial charge is 0.496 e. The molecule has 8 heteroatoms. The summed E-state index contributed by atoms with van der Waals surface area (Å²) in [6, 6.07) is 4.64. The third-order valence-corrected chi connectivity index (χ3v) is 8.29. The summed E-state index contributed by atoms with van der Waals surface area (Å²) in [5.41, 5.74) is -1.25. The molecule has 1 saturated carbocycles. The van der Waals surface area contributed by atoms with Crippen LogP contribution in [0.4, 0.5) is 9.18 Å². The van der Waals surface area contributed by atoms with Crippen molar-refractivity contribution >= 4 is 6.03 Å². The highest BCUT2D eigenvalue weighted by Crippen LogP contribution is 2.44. The third-order valence-electron chi connectivity index (χ3n) is 8.29. The van der Waals surface area contributed by atoms with E-state index in [0.717, 1.165) is 25.8 Å². The van der Waals surface area contributed by atoms with Gasteiger partial charge < -0.3 is 30.1 Å². The molecule has 0 bridgehead atoms. The third kappa shape index (κ3) is 8.04. The number of unbranched alkanes of at least 4 members (excludes halogenated alkanes) is 1. The van der Waals surface area contributed by atoms with Crippen molar-refractivity contribution < 1.29 is 23.8 Å². The van der Waals surface area contributed by atoms with E-state index < -0.39 is 11.4 Å². The minimum atomic E-state index is -1.45. The second-order valence-corrected chi connectivity index (χ2v) is 10.9. The Morgan fingerprint density at radius 2 is 1.97 bits per heavy atom. The van der Waals surface area contributed by atoms with Gasteiger partial charge in [0.1, 0.15) is 17.2 Å². The molecule has 7 nitrogen and oxygen atoms in total. The molecule has 1 unspecified atom stereocenters. The van der Waals surface area contributed by atoms with Crippen LogP contribution < -0.4 is 15.4 Å². The molecule has 37 heavy (non-hydrogen) atoms. The van der Waals surface area contributed by atoms with Gasteiger partial charge in [0, 0.05) is 45.3 Å². The summed E-state index contributed by atoms with van der Waals surface area (Å²) in [5.74, 6) is 0.225. The smallest absolute Gasteiger partial charge is 0.317 e. The Morgan fingerprint density at radius 3 is 2.68 bits per heavy atom. The second-order valence-electron chi connectivity index (χ2n) is 10.9. The van der Waals surface area contributed by atoms with Crippen molar-refractivity contribution in [2.75, 3.05) is 47.5 Å². The number of carbonyl (C=O) groups is 1. The highest BCUT2D eigenvalue weighted by atomic mass is 19.1. The first kappa shape index (κ1) is 29.7. The van der Waals surface area contributed by atoms with E-state index >= 15 is 4.39 Å². The molecule has 1 aromatic rings. The van der Waals surface area contributed by atoms with E-state index in [1.54, 1.807) is 19.2 Å². The van der Waals surface area contributed by atoms with Gasteiger partial charge in [0.05, 0.1) is 12.7 Å². The summed E-state index contributed by atoms with van der Waals surface area (Å²) in [6.45, 7) is 2.32. The molecular formula is C29H48FN3O4. The Hall–Kier alpha value is -1.90. The van der Waals surface area contributed by atoms with E-state index in [4.69, 9.17) is 9.47 Å². The average molecular weight is 522 g/mol. The van der Waals surface area contributed by atoms with Crippen LogP contribution in [-0.2, 0) is 10.3 Å².